The van der Waals surface area contributed by atoms with Crippen molar-refractivity contribution in [2.45, 2.75) is 0 Å². The van der Waals surface area contributed by atoms with E-state index in [-0.39, 0.29) is 12.5 Å². The first-order valence-electron chi connectivity index (χ1n) is 6.76. The number of carbonyl (C=O) groups is 1. The standard InChI is InChI=1S/C15H13ClN4O2S/c1-22-13-6-5-9(7-10(13)16)17-8-14(21)18-11-3-2-4-12-15(11)20-23-19-12/h2-7,17H,8H2,1H3,(H,18,21). The van der Waals surface area contributed by atoms with Gasteiger partial charge in [0.2, 0.25) is 5.91 Å². The van der Waals surface area contributed by atoms with Gasteiger partial charge in [0.15, 0.2) is 0 Å². The number of benzene rings is 2. The molecule has 0 unspecified atom stereocenters. The number of methoxy groups -OCH3 is 1. The van der Waals surface area contributed by atoms with Crippen LogP contribution >= 0.6 is 23.3 Å². The molecule has 0 atom stereocenters. The van der Waals surface area contributed by atoms with Crippen molar-refractivity contribution in [3.05, 3.63) is 41.4 Å². The van der Waals surface area contributed by atoms with Gasteiger partial charge >= 0.3 is 0 Å². The third-order valence-electron chi connectivity index (χ3n) is 3.16. The van der Waals surface area contributed by atoms with Crippen LogP contribution in [0.2, 0.25) is 5.02 Å². The van der Waals surface area contributed by atoms with Gasteiger partial charge in [0.05, 0.1) is 36.1 Å². The topological polar surface area (TPSA) is 76.1 Å². The minimum absolute atomic E-state index is 0.108. The molecule has 8 heteroatoms. The number of carbonyl (C=O) groups excluding carboxylic acids is 1. The summed E-state index contributed by atoms with van der Waals surface area (Å²) in [4.78, 5) is 12.1. The fourth-order valence-corrected chi connectivity index (χ4v) is 2.87. The van der Waals surface area contributed by atoms with Gasteiger partial charge in [0.1, 0.15) is 16.8 Å². The first-order chi connectivity index (χ1) is 11.2. The molecular weight excluding hydrogens is 336 g/mol. The molecule has 0 fully saturated rings. The molecule has 0 spiro atoms. The number of hydrogen-bond acceptors (Lipinski definition) is 6. The lowest BCUT2D eigenvalue weighted by atomic mass is 10.2. The molecular formula is C15H13ClN4O2S. The van der Waals surface area contributed by atoms with Crippen LogP contribution in [0, 0.1) is 0 Å². The lowest BCUT2D eigenvalue weighted by Gasteiger charge is -2.09. The average molecular weight is 349 g/mol. The highest BCUT2D eigenvalue weighted by molar-refractivity contribution is 7.00. The van der Waals surface area contributed by atoms with Crippen LogP contribution in [-0.4, -0.2) is 28.3 Å². The Morgan fingerprint density at radius 2 is 2.17 bits per heavy atom. The fourth-order valence-electron chi connectivity index (χ4n) is 2.06. The molecule has 23 heavy (non-hydrogen) atoms. The first-order valence-corrected chi connectivity index (χ1v) is 7.87. The maximum absolute atomic E-state index is 12.1. The summed E-state index contributed by atoms with van der Waals surface area (Å²) >= 11 is 7.16. The molecule has 0 radical (unpaired) electrons. The first kappa shape index (κ1) is 15.5. The zero-order valence-electron chi connectivity index (χ0n) is 12.2. The molecule has 2 aromatic carbocycles. The van der Waals surface area contributed by atoms with Crippen molar-refractivity contribution in [1.29, 1.82) is 0 Å². The van der Waals surface area contributed by atoms with Crippen molar-refractivity contribution < 1.29 is 9.53 Å². The zero-order valence-corrected chi connectivity index (χ0v) is 13.7. The van der Waals surface area contributed by atoms with Gasteiger partial charge in [-0.2, -0.15) is 8.75 Å². The number of aromatic nitrogens is 2. The number of halogens is 1. The normalized spacial score (nSPS) is 10.5. The Hall–Kier alpha value is -2.38. The number of ether oxygens (including phenoxy) is 1. The van der Waals surface area contributed by atoms with E-state index in [4.69, 9.17) is 16.3 Å². The van der Waals surface area contributed by atoms with Crippen LogP contribution in [0.15, 0.2) is 36.4 Å². The molecule has 1 amide bonds. The number of amides is 1. The molecule has 2 N–H and O–H groups in total. The van der Waals surface area contributed by atoms with E-state index in [1.165, 1.54) is 0 Å². The lowest BCUT2D eigenvalue weighted by Crippen LogP contribution is -2.21. The van der Waals surface area contributed by atoms with E-state index in [1.54, 1.807) is 31.4 Å². The van der Waals surface area contributed by atoms with Crippen molar-refractivity contribution >= 4 is 51.6 Å². The highest BCUT2D eigenvalue weighted by Gasteiger charge is 2.09. The summed E-state index contributed by atoms with van der Waals surface area (Å²) in [6.07, 6.45) is 0. The van der Waals surface area contributed by atoms with Crippen LogP contribution in [0.1, 0.15) is 0 Å². The maximum Gasteiger partial charge on any atom is 0.243 e. The summed E-state index contributed by atoms with van der Waals surface area (Å²) in [5, 5.41) is 6.32. The second-order valence-electron chi connectivity index (χ2n) is 4.69. The second kappa shape index (κ2) is 6.80. The average Bonchev–Trinajstić information content (AvgIpc) is 3.03. The number of anilines is 2. The summed E-state index contributed by atoms with van der Waals surface area (Å²) in [6.45, 7) is 0.108. The predicted octanol–water partition coefficient (Wildman–Crippen LogP) is 3.40. The minimum atomic E-state index is -0.183. The third-order valence-corrected chi connectivity index (χ3v) is 4.00. The van der Waals surface area contributed by atoms with Gasteiger partial charge in [-0.1, -0.05) is 17.7 Å². The molecule has 0 aliphatic rings. The molecule has 3 aromatic rings. The van der Waals surface area contributed by atoms with E-state index < -0.39 is 0 Å². The van der Waals surface area contributed by atoms with Crippen LogP contribution in [0.5, 0.6) is 5.75 Å². The zero-order chi connectivity index (χ0) is 16.2. The van der Waals surface area contributed by atoms with Crippen LogP contribution in [-0.2, 0) is 4.79 Å². The number of fused-ring (bicyclic) bond motifs is 1. The van der Waals surface area contributed by atoms with Gasteiger partial charge < -0.3 is 15.4 Å². The molecule has 118 valence electrons. The number of nitrogens with one attached hydrogen (secondary N) is 2. The quantitative estimate of drug-likeness (QED) is 0.739. The van der Waals surface area contributed by atoms with Gasteiger partial charge in [-0.3, -0.25) is 4.79 Å². The van der Waals surface area contributed by atoms with Crippen LogP contribution < -0.4 is 15.4 Å². The van der Waals surface area contributed by atoms with E-state index in [0.29, 0.717) is 22.0 Å². The Morgan fingerprint density at radius 1 is 1.30 bits per heavy atom. The molecule has 0 bridgehead atoms. The minimum Gasteiger partial charge on any atom is -0.495 e. The second-order valence-corrected chi connectivity index (χ2v) is 5.62. The molecule has 1 aromatic heterocycles. The monoisotopic (exact) mass is 348 g/mol. The Labute approximate surface area is 141 Å². The summed E-state index contributed by atoms with van der Waals surface area (Å²) in [5.74, 6) is 0.404. The van der Waals surface area contributed by atoms with Gasteiger partial charge in [-0.25, -0.2) is 0 Å². The maximum atomic E-state index is 12.1. The predicted molar refractivity (Wildman–Crippen MR) is 92.5 cm³/mol. The van der Waals surface area contributed by atoms with E-state index >= 15 is 0 Å². The molecule has 0 aliphatic heterocycles. The number of nitrogens with zero attached hydrogens (tertiary/aromatic N) is 2. The van der Waals surface area contributed by atoms with Gasteiger partial charge in [0.25, 0.3) is 0 Å². The summed E-state index contributed by atoms with van der Waals surface area (Å²) in [6, 6.07) is 10.7. The fraction of sp³-hybridized carbons (Fsp3) is 0.133. The van der Waals surface area contributed by atoms with Crippen molar-refractivity contribution in [2.75, 3.05) is 24.3 Å². The molecule has 0 saturated carbocycles. The van der Waals surface area contributed by atoms with E-state index in [0.717, 1.165) is 22.9 Å². The number of rotatable bonds is 5. The van der Waals surface area contributed by atoms with Gasteiger partial charge in [-0.15, -0.1) is 0 Å². The molecule has 0 aliphatic carbocycles. The Morgan fingerprint density at radius 3 is 2.96 bits per heavy atom. The highest BCUT2D eigenvalue weighted by Crippen LogP contribution is 2.27. The van der Waals surface area contributed by atoms with Gasteiger partial charge in [-0.05, 0) is 30.3 Å². The Kier molecular flexibility index (Phi) is 4.59. The van der Waals surface area contributed by atoms with Crippen molar-refractivity contribution in [3.8, 4) is 5.75 Å². The molecule has 3 rings (SSSR count). The Bertz CT molecular complexity index is 852. The van der Waals surface area contributed by atoms with Crippen molar-refractivity contribution in [3.63, 3.8) is 0 Å². The SMILES string of the molecule is COc1ccc(NCC(=O)Nc2cccc3nsnc23)cc1Cl. The highest BCUT2D eigenvalue weighted by atomic mass is 35.5. The largest absolute Gasteiger partial charge is 0.495 e. The van der Waals surface area contributed by atoms with Crippen molar-refractivity contribution in [1.82, 2.24) is 8.75 Å². The van der Waals surface area contributed by atoms with Crippen LogP contribution in [0.25, 0.3) is 11.0 Å². The smallest absolute Gasteiger partial charge is 0.243 e. The summed E-state index contributed by atoms with van der Waals surface area (Å²) < 4.78 is 13.4. The third kappa shape index (κ3) is 3.52. The number of hydrogen-bond donors (Lipinski definition) is 2. The molecule has 6 nitrogen and oxygen atoms in total. The van der Waals surface area contributed by atoms with Crippen LogP contribution in [0.4, 0.5) is 11.4 Å². The van der Waals surface area contributed by atoms with Gasteiger partial charge in [0, 0.05) is 5.69 Å². The van der Waals surface area contributed by atoms with E-state index in [9.17, 15) is 4.79 Å². The van der Waals surface area contributed by atoms with Crippen LogP contribution in [0.3, 0.4) is 0 Å². The lowest BCUT2D eigenvalue weighted by molar-refractivity contribution is -0.114. The molecule has 0 saturated heterocycles. The van der Waals surface area contributed by atoms with E-state index in [1.807, 2.05) is 12.1 Å². The summed E-state index contributed by atoms with van der Waals surface area (Å²) in [7, 11) is 1.55. The summed E-state index contributed by atoms with van der Waals surface area (Å²) in [5.41, 5.74) is 2.84. The Balaban J connectivity index is 1.64. The molecule has 1 heterocycles. The van der Waals surface area contributed by atoms with E-state index in [2.05, 4.69) is 19.4 Å². The van der Waals surface area contributed by atoms with Crippen molar-refractivity contribution in [2.24, 2.45) is 0 Å².